The van der Waals surface area contributed by atoms with Crippen molar-refractivity contribution in [1.29, 1.82) is 0 Å². The predicted octanol–water partition coefficient (Wildman–Crippen LogP) is 2.64. The Morgan fingerprint density at radius 1 is 1.32 bits per heavy atom. The van der Waals surface area contributed by atoms with Crippen LogP contribution in [0, 0.1) is 12.8 Å². The molecule has 1 saturated heterocycles. The molecule has 2 rings (SSSR count). The van der Waals surface area contributed by atoms with Gasteiger partial charge in [-0.2, -0.15) is 0 Å². The Hall–Kier alpha value is -1.35. The first-order chi connectivity index (χ1) is 8.99. The molecule has 0 aliphatic carbocycles. The minimum Gasteiger partial charge on any atom is -0.338 e. The molecule has 19 heavy (non-hydrogen) atoms. The summed E-state index contributed by atoms with van der Waals surface area (Å²) in [6.07, 6.45) is 2.16. The van der Waals surface area contributed by atoms with Gasteiger partial charge in [-0.3, -0.25) is 4.79 Å². The first-order valence-electron chi connectivity index (χ1n) is 7.11. The Morgan fingerprint density at radius 2 is 1.95 bits per heavy atom. The molecule has 0 radical (unpaired) electrons. The molecule has 2 N–H and O–H groups in total. The number of nitrogens with two attached hydrogens (primary N) is 1. The van der Waals surface area contributed by atoms with Gasteiger partial charge in [-0.1, -0.05) is 36.8 Å². The Balaban J connectivity index is 2.08. The van der Waals surface area contributed by atoms with E-state index in [1.54, 1.807) is 0 Å². The maximum absolute atomic E-state index is 12.5. The molecular weight excluding hydrogens is 236 g/mol. The summed E-state index contributed by atoms with van der Waals surface area (Å²) in [5.41, 5.74) is 8.21. The van der Waals surface area contributed by atoms with Crippen LogP contribution >= 0.6 is 0 Å². The lowest BCUT2D eigenvalue weighted by atomic mass is 9.92. The minimum absolute atomic E-state index is 0.0586. The smallest absolute Gasteiger partial charge is 0.244 e. The van der Waals surface area contributed by atoms with E-state index < -0.39 is 6.04 Å². The van der Waals surface area contributed by atoms with Crippen molar-refractivity contribution < 1.29 is 4.79 Å². The molecule has 0 bridgehead atoms. The number of nitrogens with zero attached hydrogens (tertiary/aromatic N) is 1. The summed E-state index contributed by atoms with van der Waals surface area (Å²) >= 11 is 0. The zero-order valence-electron chi connectivity index (χ0n) is 12.1. The number of benzene rings is 1. The number of piperidine rings is 1. The summed E-state index contributed by atoms with van der Waals surface area (Å²) in [4.78, 5) is 14.5. The van der Waals surface area contributed by atoms with Gasteiger partial charge in [0.2, 0.25) is 5.91 Å². The molecule has 1 aliphatic rings. The lowest BCUT2D eigenvalue weighted by molar-refractivity contribution is -0.136. The Labute approximate surface area is 115 Å². The number of carbonyl (C=O) groups is 1. The monoisotopic (exact) mass is 260 g/mol. The largest absolute Gasteiger partial charge is 0.338 e. The summed E-state index contributed by atoms with van der Waals surface area (Å²) in [7, 11) is 0. The van der Waals surface area contributed by atoms with E-state index in [2.05, 4.69) is 13.8 Å². The van der Waals surface area contributed by atoms with Gasteiger partial charge in [0, 0.05) is 12.6 Å². The van der Waals surface area contributed by atoms with E-state index in [1.165, 1.54) is 5.56 Å². The summed E-state index contributed by atoms with van der Waals surface area (Å²) in [6.45, 7) is 7.24. The number of hydrogen-bond acceptors (Lipinski definition) is 2. The van der Waals surface area contributed by atoms with Crippen LogP contribution in [0.25, 0.3) is 0 Å². The Morgan fingerprint density at radius 3 is 2.53 bits per heavy atom. The highest BCUT2D eigenvalue weighted by molar-refractivity contribution is 5.83. The highest BCUT2D eigenvalue weighted by Gasteiger charge is 2.30. The van der Waals surface area contributed by atoms with Crippen molar-refractivity contribution in [3.05, 3.63) is 35.4 Å². The van der Waals surface area contributed by atoms with E-state index in [-0.39, 0.29) is 5.91 Å². The lowest BCUT2D eigenvalue weighted by Crippen LogP contribution is -2.47. The van der Waals surface area contributed by atoms with Crippen molar-refractivity contribution in [2.24, 2.45) is 11.7 Å². The van der Waals surface area contributed by atoms with Gasteiger partial charge in [0.05, 0.1) is 0 Å². The van der Waals surface area contributed by atoms with Gasteiger partial charge in [-0.15, -0.1) is 0 Å². The number of carbonyl (C=O) groups excluding carboxylic acids is 1. The molecule has 1 aromatic rings. The quantitative estimate of drug-likeness (QED) is 0.888. The summed E-state index contributed by atoms with van der Waals surface area (Å²) in [6, 6.07) is 7.68. The highest BCUT2D eigenvalue weighted by atomic mass is 16.2. The molecule has 0 spiro atoms. The van der Waals surface area contributed by atoms with Crippen LogP contribution in [0.5, 0.6) is 0 Å². The van der Waals surface area contributed by atoms with Crippen LogP contribution in [0.3, 0.4) is 0 Å². The second-order valence-electron chi connectivity index (χ2n) is 5.90. The first-order valence-corrected chi connectivity index (χ1v) is 7.11. The minimum atomic E-state index is -0.531. The summed E-state index contributed by atoms with van der Waals surface area (Å²) in [5.74, 6) is 0.762. The predicted molar refractivity (Wildman–Crippen MR) is 77.7 cm³/mol. The second-order valence-corrected chi connectivity index (χ2v) is 5.90. The lowest BCUT2D eigenvalue weighted by Gasteiger charge is -2.38. The van der Waals surface area contributed by atoms with Crippen molar-refractivity contribution in [2.45, 2.75) is 45.7 Å². The zero-order chi connectivity index (χ0) is 14.0. The van der Waals surface area contributed by atoms with Crippen molar-refractivity contribution in [1.82, 2.24) is 4.90 Å². The fourth-order valence-electron chi connectivity index (χ4n) is 2.83. The van der Waals surface area contributed by atoms with E-state index in [0.717, 1.165) is 24.9 Å². The second kappa shape index (κ2) is 5.74. The van der Waals surface area contributed by atoms with Gasteiger partial charge in [-0.05, 0) is 38.2 Å². The zero-order valence-corrected chi connectivity index (χ0v) is 12.1. The average Bonchev–Trinajstić information content (AvgIpc) is 2.38. The summed E-state index contributed by atoms with van der Waals surface area (Å²) in [5, 5.41) is 0. The van der Waals surface area contributed by atoms with Crippen molar-refractivity contribution >= 4 is 5.91 Å². The van der Waals surface area contributed by atoms with Crippen molar-refractivity contribution in [3.8, 4) is 0 Å². The van der Waals surface area contributed by atoms with Gasteiger partial charge >= 0.3 is 0 Å². The van der Waals surface area contributed by atoms with E-state index >= 15 is 0 Å². The van der Waals surface area contributed by atoms with Crippen LogP contribution in [-0.2, 0) is 4.79 Å². The topological polar surface area (TPSA) is 46.3 Å². The van der Waals surface area contributed by atoms with Crippen molar-refractivity contribution in [3.63, 3.8) is 0 Å². The Bertz CT molecular complexity index is 441. The number of aryl methyl sites for hydroxylation is 1. The van der Waals surface area contributed by atoms with Gasteiger partial charge in [0.1, 0.15) is 6.04 Å². The van der Waals surface area contributed by atoms with Gasteiger partial charge < -0.3 is 10.6 Å². The molecule has 1 aliphatic heterocycles. The number of likely N-dealkylation sites (tertiary alicyclic amines) is 1. The third-order valence-corrected chi connectivity index (χ3v) is 4.12. The first kappa shape index (κ1) is 14.1. The van der Waals surface area contributed by atoms with Crippen LogP contribution < -0.4 is 5.73 Å². The molecule has 1 fully saturated rings. The van der Waals surface area contributed by atoms with Gasteiger partial charge in [0.15, 0.2) is 0 Å². The van der Waals surface area contributed by atoms with E-state index in [0.29, 0.717) is 12.0 Å². The molecule has 104 valence electrons. The fraction of sp³-hybridized carbons (Fsp3) is 0.562. The van der Waals surface area contributed by atoms with Gasteiger partial charge in [0.25, 0.3) is 0 Å². The summed E-state index contributed by atoms with van der Waals surface area (Å²) < 4.78 is 0. The molecule has 3 atom stereocenters. The number of amides is 1. The van der Waals surface area contributed by atoms with Gasteiger partial charge in [-0.25, -0.2) is 0 Å². The SMILES string of the molecule is Cc1ccc(C(N)C(=O)N2CCC(C)CC2C)cc1. The maximum atomic E-state index is 12.5. The highest BCUT2D eigenvalue weighted by Crippen LogP contribution is 2.25. The van der Waals surface area contributed by atoms with Crippen LogP contribution in [-0.4, -0.2) is 23.4 Å². The fourth-order valence-corrected chi connectivity index (χ4v) is 2.83. The standard InChI is InChI=1S/C16H24N2O/c1-11-4-6-14(7-5-11)15(17)16(19)18-9-8-12(2)10-13(18)3/h4-7,12-13,15H,8-10,17H2,1-3H3. The molecule has 0 aromatic heterocycles. The van der Waals surface area contributed by atoms with E-state index in [9.17, 15) is 4.79 Å². The number of rotatable bonds is 2. The molecule has 1 heterocycles. The molecule has 1 aromatic carbocycles. The van der Waals surface area contributed by atoms with Crippen LogP contribution in [0.4, 0.5) is 0 Å². The molecule has 3 heteroatoms. The van der Waals surface area contributed by atoms with E-state index in [1.807, 2.05) is 36.1 Å². The van der Waals surface area contributed by atoms with Crippen LogP contribution in [0.1, 0.15) is 43.9 Å². The molecule has 1 amide bonds. The van der Waals surface area contributed by atoms with Crippen molar-refractivity contribution in [2.75, 3.05) is 6.54 Å². The molecule has 0 saturated carbocycles. The average molecular weight is 260 g/mol. The normalized spacial score (nSPS) is 25.2. The third-order valence-electron chi connectivity index (χ3n) is 4.12. The van der Waals surface area contributed by atoms with E-state index in [4.69, 9.17) is 5.73 Å². The van der Waals surface area contributed by atoms with Crippen LogP contribution in [0.2, 0.25) is 0 Å². The maximum Gasteiger partial charge on any atom is 0.244 e. The Kier molecular flexibility index (Phi) is 4.25. The molecular formula is C16H24N2O. The van der Waals surface area contributed by atoms with Crippen LogP contribution in [0.15, 0.2) is 24.3 Å². The number of hydrogen-bond donors (Lipinski definition) is 1. The third kappa shape index (κ3) is 3.16. The molecule has 3 nitrogen and oxygen atoms in total. The molecule has 3 unspecified atom stereocenters.